The van der Waals surface area contributed by atoms with E-state index in [0.717, 1.165) is 56.0 Å². The number of rotatable bonds is 12. The molecule has 0 amide bonds. The number of aromatic nitrogens is 4. The number of nitrogens with one attached hydrogen (secondary N) is 2. The van der Waals surface area contributed by atoms with Gasteiger partial charge in [-0.15, -0.1) is 0 Å². The fourth-order valence-electron chi connectivity index (χ4n) is 4.90. The average molecular weight is 547 g/mol. The van der Waals surface area contributed by atoms with Gasteiger partial charge in [-0.25, -0.2) is 9.97 Å². The molecule has 6 nitrogen and oxygen atoms in total. The third-order valence-electron chi connectivity index (χ3n) is 7.03. The number of unbranched alkanes of at least 4 members (excludes halogenated alkanes) is 2. The molecule has 3 aromatic heterocycles. The lowest BCUT2D eigenvalue weighted by molar-refractivity contribution is 0.0630. The zero-order valence-electron chi connectivity index (χ0n) is 23.1. The fourth-order valence-corrected chi connectivity index (χ4v) is 4.90. The van der Waals surface area contributed by atoms with E-state index in [1.807, 2.05) is 56.4 Å². The van der Waals surface area contributed by atoms with Crippen LogP contribution in [0.3, 0.4) is 0 Å². The summed E-state index contributed by atoms with van der Waals surface area (Å²) in [5, 5.41) is 0. The fraction of sp³-hybridized carbons (Fsp3) is 0.375. The molecular weight excluding hydrogens is 510 g/mol. The zero-order chi connectivity index (χ0) is 27.9. The highest BCUT2D eigenvalue weighted by molar-refractivity contribution is 5.79. The largest absolute Gasteiger partial charge is 0.374 e. The number of ether oxygens (including phenoxy) is 2. The lowest BCUT2D eigenvalue weighted by atomic mass is 10.1. The molecule has 8 heteroatoms. The first-order valence-corrected chi connectivity index (χ1v) is 14.0. The molecule has 2 aliphatic heterocycles. The molecule has 3 aromatic rings. The molecule has 40 heavy (non-hydrogen) atoms. The molecule has 0 saturated heterocycles. The second kappa shape index (κ2) is 13.2. The number of hydrogen-bond donors (Lipinski definition) is 2. The Kier molecular flexibility index (Phi) is 9.19. The summed E-state index contributed by atoms with van der Waals surface area (Å²) in [6.45, 7) is 4.35. The van der Waals surface area contributed by atoms with E-state index < -0.39 is 0 Å². The smallest absolute Gasteiger partial charge is 0.0895 e. The van der Waals surface area contributed by atoms with Crippen molar-refractivity contribution < 1.29 is 18.3 Å². The first-order valence-electron chi connectivity index (χ1n) is 14.0. The van der Waals surface area contributed by atoms with E-state index in [-0.39, 0.29) is 25.6 Å². The Balaban J connectivity index is 1.64. The van der Waals surface area contributed by atoms with Crippen LogP contribution in [0.5, 0.6) is 0 Å². The van der Waals surface area contributed by atoms with E-state index in [4.69, 9.17) is 19.4 Å². The summed E-state index contributed by atoms with van der Waals surface area (Å²) in [6, 6.07) is 12.2. The standard InChI is InChI=1S/C32H36F2N4O2/c1-21(39-13-5-3-11-33)29-17-27-16-25-8-7-23(35-25)15-24-9-10-26(36-24)19-31-30(22(2)40-14-6-4-12-34)18-28(38-31)20-32(29)37-27/h7-10,15-22,37-38H,3-6,11-14H2,1-2H3. The van der Waals surface area contributed by atoms with Crippen LogP contribution in [0.25, 0.3) is 46.4 Å². The van der Waals surface area contributed by atoms with Crippen molar-refractivity contribution in [1.29, 1.82) is 0 Å². The zero-order valence-corrected chi connectivity index (χ0v) is 23.1. The van der Waals surface area contributed by atoms with Crippen molar-refractivity contribution in [3.05, 3.63) is 70.3 Å². The molecule has 0 radical (unpaired) electrons. The third kappa shape index (κ3) is 6.92. The molecule has 2 unspecified atom stereocenters. The van der Waals surface area contributed by atoms with Gasteiger partial charge in [-0.05, 0) is 100 Å². The maximum Gasteiger partial charge on any atom is 0.0895 e. The van der Waals surface area contributed by atoms with Gasteiger partial charge in [-0.1, -0.05) is 0 Å². The molecule has 210 valence electrons. The summed E-state index contributed by atoms with van der Waals surface area (Å²) in [6.07, 6.45) is 9.90. The van der Waals surface area contributed by atoms with Crippen LogP contribution in [-0.4, -0.2) is 46.5 Å². The van der Waals surface area contributed by atoms with Crippen molar-refractivity contribution in [2.24, 2.45) is 0 Å². The molecule has 2 atom stereocenters. The van der Waals surface area contributed by atoms with Crippen molar-refractivity contribution in [3.8, 4) is 0 Å². The summed E-state index contributed by atoms with van der Waals surface area (Å²) in [5.74, 6) is 0. The second-order valence-electron chi connectivity index (χ2n) is 10.2. The van der Waals surface area contributed by atoms with Crippen LogP contribution < -0.4 is 0 Å². The molecule has 2 aliphatic rings. The minimum absolute atomic E-state index is 0.187. The van der Waals surface area contributed by atoms with E-state index in [2.05, 4.69) is 28.2 Å². The molecular formula is C32H36F2N4O2. The first-order chi connectivity index (χ1) is 19.5. The van der Waals surface area contributed by atoms with Gasteiger partial charge in [0, 0.05) is 46.4 Å². The molecule has 5 rings (SSSR count). The number of H-pyrrole nitrogens is 2. The van der Waals surface area contributed by atoms with Gasteiger partial charge in [0.05, 0.1) is 48.3 Å². The van der Waals surface area contributed by atoms with Gasteiger partial charge < -0.3 is 19.4 Å². The molecule has 8 bridgehead atoms. The highest BCUT2D eigenvalue weighted by atomic mass is 19.1. The van der Waals surface area contributed by atoms with Gasteiger partial charge >= 0.3 is 0 Å². The van der Waals surface area contributed by atoms with Gasteiger partial charge in [0.2, 0.25) is 0 Å². The van der Waals surface area contributed by atoms with Crippen LogP contribution in [0, 0.1) is 0 Å². The topological polar surface area (TPSA) is 75.8 Å². The van der Waals surface area contributed by atoms with Crippen molar-refractivity contribution in [3.63, 3.8) is 0 Å². The number of aromatic amines is 2. The molecule has 0 spiro atoms. The van der Waals surface area contributed by atoms with E-state index in [9.17, 15) is 8.78 Å². The Hall–Kier alpha value is -3.62. The van der Waals surface area contributed by atoms with Crippen LogP contribution in [0.2, 0.25) is 0 Å². The van der Waals surface area contributed by atoms with Gasteiger partial charge in [0.15, 0.2) is 0 Å². The van der Waals surface area contributed by atoms with Gasteiger partial charge in [0.25, 0.3) is 0 Å². The predicted molar refractivity (Wildman–Crippen MR) is 158 cm³/mol. The van der Waals surface area contributed by atoms with E-state index in [1.165, 1.54) is 0 Å². The highest BCUT2D eigenvalue weighted by Crippen LogP contribution is 2.29. The number of hydrogen-bond acceptors (Lipinski definition) is 4. The Morgan fingerprint density at radius 2 is 1.05 bits per heavy atom. The Morgan fingerprint density at radius 3 is 1.57 bits per heavy atom. The number of fused-ring (bicyclic) bond motifs is 8. The van der Waals surface area contributed by atoms with Crippen molar-refractivity contribution >= 4 is 46.4 Å². The molecule has 0 aromatic carbocycles. The Labute approximate surface area is 233 Å². The average Bonchev–Trinajstić information content (AvgIpc) is 3.73. The second-order valence-corrected chi connectivity index (χ2v) is 10.2. The van der Waals surface area contributed by atoms with Gasteiger partial charge in [-0.2, -0.15) is 0 Å². The number of alkyl halides is 2. The Morgan fingerprint density at radius 1 is 0.600 bits per heavy atom. The normalized spacial score (nSPS) is 14.1. The summed E-state index contributed by atoms with van der Waals surface area (Å²) in [5.41, 5.74) is 8.99. The molecule has 0 saturated carbocycles. The lowest BCUT2D eigenvalue weighted by Gasteiger charge is -2.12. The van der Waals surface area contributed by atoms with E-state index in [0.29, 0.717) is 38.9 Å². The molecule has 5 heterocycles. The quantitative estimate of drug-likeness (QED) is 0.154. The van der Waals surface area contributed by atoms with E-state index in [1.54, 1.807) is 0 Å². The highest BCUT2D eigenvalue weighted by Gasteiger charge is 2.14. The van der Waals surface area contributed by atoms with Gasteiger partial charge in [-0.3, -0.25) is 8.78 Å². The SMILES string of the molecule is CC(OCCCCF)c1cc2cc3[nH]c(cc4nc(cc5nc(cc1[nH]2)C=C5)C=C4)cc3C(C)OCCCCF. The van der Waals surface area contributed by atoms with Gasteiger partial charge in [0.1, 0.15) is 0 Å². The molecule has 0 fully saturated rings. The lowest BCUT2D eigenvalue weighted by Crippen LogP contribution is -2.01. The molecule has 0 aliphatic carbocycles. The van der Waals surface area contributed by atoms with Crippen molar-refractivity contribution in [1.82, 2.24) is 19.9 Å². The van der Waals surface area contributed by atoms with Crippen LogP contribution in [0.1, 0.15) is 85.6 Å². The monoisotopic (exact) mass is 546 g/mol. The minimum Gasteiger partial charge on any atom is -0.374 e. The van der Waals surface area contributed by atoms with Crippen LogP contribution >= 0.6 is 0 Å². The van der Waals surface area contributed by atoms with E-state index >= 15 is 0 Å². The molecule has 2 N–H and O–H groups in total. The van der Waals surface area contributed by atoms with Crippen LogP contribution in [0.4, 0.5) is 8.78 Å². The summed E-state index contributed by atoms with van der Waals surface area (Å²) in [7, 11) is 0. The van der Waals surface area contributed by atoms with Crippen LogP contribution in [0.15, 0.2) is 36.4 Å². The van der Waals surface area contributed by atoms with Crippen molar-refractivity contribution in [2.75, 3.05) is 26.6 Å². The maximum absolute atomic E-state index is 12.6. The Bertz CT molecular complexity index is 1540. The summed E-state index contributed by atoms with van der Waals surface area (Å²) < 4.78 is 37.3. The number of nitrogens with zero attached hydrogens (tertiary/aromatic N) is 2. The maximum atomic E-state index is 12.6. The minimum atomic E-state index is -0.334. The van der Waals surface area contributed by atoms with Crippen LogP contribution in [-0.2, 0) is 9.47 Å². The first kappa shape index (κ1) is 27.9. The van der Waals surface area contributed by atoms with Crippen molar-refractivity contribution in [2.45, 2.75) is 51.7 Å². The third-order valence-corrected chi connectivity index (χ3v) is 7.03. The summed E-state index contributed by atoms with van der Waals surface area (Å²) >= 11 is 0. The predicted octanol–water partition coefficient (Wildman–Crippen LogP) is 8.31. The number of halogens is 2. The summed E-state index contributed by atoms with van der Waals surface area (Å²) in [4.78, 5) is 16.6.